The van der Waals surface area contributed by atoms with Crippen LogP contribution < -0.4 is 10.1 Å². The van der Waals surface area contributed by atoms with Crippen LogP contribution >= 0.6 is 0 Å². The molecular weight excluding hydrogens is 266 g/mol. The van der Waals surface area contributed by atoms with E-state index in [0.717, 1.165) is 51.6 Å². The summed E-state index contributed by atoms with van der Waals surface area (Å²) in [6, 6.07) is 9.90. The summed E-state index contributed by atoms with van der Waals surface area (Å²) in [5, 5.41) is 3.16. The molecule has 0 saturated carbocycles. The quantitative estimate of drug-likeness (QED) is 0.854. The van der Waals surface area contributed by atoms with E-state index in [0.29, 0.717) is 12.5 Å². The number of carbonyl (C=O) groups excluding carboxylic acids is 1. The standard InChI is InChI=1S/C16H23N3O2/c20-16(14-12-17-13-14)19-8-6-18(7-9-19)10-11-21-15-4-2-1-3-5-15/h1-5,14,17H,6-13H2. The number of hydrogen-bond donors (Lipinski definition) is 1. The van der Waals surface area contributed by atoms with Crippen LogP contribution in [-0.4, -0.2) is 68.1 Å². The van der Waals surface area contributed by atoms with Crippen molar-refractivity contribution in [3.05, 3.63) is 30.3 Å². The molecule has 2 aliphatic rings. The third kappa shape index (κ3) is 3.74. The number of ether oxygens (including phenoxy) is 1. The van der Waals surface area contributed by atoms with E-state index >= 15 is 0 Å². The van der Waals surface area contributed by atoms with Crippen molar-refractivity contribution in [1.82, 2.24) is 15.1 Å². The Bertz CT molecular complexity index is 454. The van der Waals surface area contributed by atoms with Crippen molar-refractivity contribution in [2.45, 2.75) is 0 Å². The number of rotatable bonds is 5. The predicted molar refractivity (Wildman–Crippen MR) is 81.3 cm³/mol. The zero-order chi connectivity index (χ0) is 14.5. The first-order valence-corrected chi connectivity index (χ1v) is 7.72. The summed E-state index contributed by atoms with van der Waals surface area (Å²) in [6.45, 7) is 6.91. The Hall–Kier alpha value is -1.59. The highest BCUT2D eigenvalue weighted by Gasteiger charge is 2.30. The van der Waals surface area contributed by atoms with Crippen molar-refractivity contribution in [2.75, 3.05) is 52.4 Å². The molecule has 3 rings (SSSR count). The number of nitrogens with one attached hydrogen (secondary N) is 1. The molecule has 1 aromatic carbocycles. The summed E-state index contributed by atoms with van der Waals surface area (Å²) in [7, 11) is 0. The molecule has 0 aromatic heterocycles. The number of piperazine rings is 1. The Kier molecular flexibility index (Phi) is 4.72. The second kappa shape index (κ2) is 6.91. The number of benzene rings is 1. The van der Waals surface area contributed by atoms with E-state index in [1.54, 1.807) is 0 Å². The van der Waals surface area contributed by atoms with Crippen molar-refractivity contribution >= 4 is 5.91 Å². The average molecular weight is 289 g/mol. The number of amides is 1. The molecule has 2 aliphatic heterocycles. The summed E-state index contributed by atoms with van der Waals surface area (Å²) in [4.78, 5) is 16.5. The lowest BCUT2D eigenvalue weighted by Gasteiger charge is -2.38. The van der Waals surface area contributed by atoms with Crippen LogP contribution in [0.4, 0.5) is 0 Å². The molecule has 114 valence electrons. The molecule has 0 bridgehead atoms. The molecule has 21 heavy (non-hydrogen) atoms. The SMILES string of the molecule is O=C(C1CNC1)N1CCN(CCOc2ccccc2)CC1. The molecule has 1 N–H and O–H groups in total. The Morgan fingerprint density at radius 2 is 1.86 bits per heavy atom. The van der Waals surface area contributed by atoms with E-state index in [-0.39, 0.29) is 5.92 Å². The molecule has 2 saturated heterocycles. The van der Waals surface area contributed by atoms with Crippen LogP contribution in [0.2, 0.25) is 0 Å². The van der Waals surface area contributed by atoms with E-state index in [2.05, 4.69) is 10.2 Å². The first-order valence-electron chi connectivity index (χ1n) is 7.72. The number of hydrogen-bond acceptors (Lipinski definition) is 4. The van der Waals surface area contributed by atoms with E-state index in [1.807, 2.05) is 35.2 Å². The fourth-order valence-electron chi connectivity index (χ4n) is 2.72. The molecule has 5 heteroatoms. The molecule has 5 nitrogen and oxygen atoms in total. The monoisotopic (exact) mass is 289 g/mol. The maximum atomic E-state index is 12.1. The third-order valence-corrected chi connectivity index (χ3v) is 4.23. The molecule has 2 heterocycles. The van der Waals surface area contributed by atoms with Gasteiger partial charge < -0.3 is 15.0 Å². The normalized spacial score (nSPS) is 20.1. The largest absolute Gasteiger partial charge is 0.492 e. The maximum Gasteiger partial charge on any atom is 0.228 e. The van der Waals surface area contributed by atoms with Gasteiger partial charge in [-0.05, 0) is 12.1 Å². The Morgan fingerprint density at radius 3 is 2.48 bits per heavy atom. The summed E-state index contributed by atoms with van der Waals surface area (Å²) >= 11 is 0. The summed E-state index contributed by atoms with van der Waals surface area (Å²) in [5.41, 5.74) is 0. The minimum absolute atomic E-state index is 0.220. The highest BCUT2D eigenvalue weighted by Crippen LogP contribution is 2.12. The lowest BCUT2D eigenvalue weighted by molar-refractivity contribution is -0.138. The van der Waals surface area contributed by atoms with Gasteiger partial charge in [-0.1, -0.05) is 18.2 Å². The number of nitrogens with zero attached hydrogens (tertiary/aromatic N) is 2. The van der Waals surface area contributed by atoms with Gasteiger partial charge >= 0.3 is 0 Å². The van der Waals surface area contributed by atoms with E-state index in [9.17, 15) is 4.79 Å². The minimum Gasteiger partial charge on any atom is -0.492 e. The summed E-state index contributed by atoms with van der Waals surface area (Å²) in [6.07, 6.45) is 0. The van der Waals surface area contributed by atoms with Crippen LogP contribution in [0.15, 0.2) is 30.3 Å². The van der Waals surface area contributed by atoms with Crippen LogP contribution in [0.5, 0.6) is 5.75 Å². The van der Waals surface area contributed by atoms with Gasteiger partial charge in [-0.15, -0.1) is 0 Å². The van der Waals surface area contributed by atoms with E-state index < -0.39 is 0 Å². The fourth-order valence-corrected chi connectivity index (χ4v) is 2.72. The zero-order valence-corrected chi connectivity index (χ0v) is 12.3. The van der Waals surface area contributed by atoms with Crippen LogP contribution in [0, 0.1) is 5.92 Å². The van der Waals surface area contributed by atoms with Crippen LogP contribution in [0.25, 0.3) is 0 Å². The highest BCUT2D eigenvalue weighted by atomic mass is 16.5. The van der Waals surface area contributed by atoms with Crippen molar-refractivity contribution in [3.8, 4) is 5.75 Å². The Morgan fingerprint density at radius 1 is 1.14 bits per heavy atom. The van der Waals surface area contributed by atoms with Crippen LogP contribution in [0.1, 0.15) is 0 Å². The predicted octanol–water partition coefficient (Wildman–Crippen LogP) is 0.429. The van der Waals surface area contributed by atoms with Crippen molar-refractivity contribution in [2.24, 2.45) is 5.92 Å². The number of para-hydroxylation sites is 1. The fraction of sp³-hybridized carbons (Fsp3) is 0.562. The van der Waals surface area contributed by atoms with E-state index in [4.69, 9.17) is 4.74 Å². The first kappa shape index (κ1) is 14.4. The zero-order valence-electron chi connectivity index (χ0n) is 12.3. The lowest BCUT2D eigenvalue weighted by atomic mass is 10.0. The topological polar surface area (TPSA) is 44.8 Å². The lowest BCUT2D eigenvalue weighted by Crippen LogP contribution is -2.56. The van der Waals surface area contributed by atoms with Gasteiger partial charge in [0.25, 0.3) is 0 Å². The van der Waals surface area contributed by atoms with Crippen molar-refractivity contribution in [1.29, 1.82) is 0 Å². The van der Waals surface area contributed by atoms with Crippen molar-refractivity contribution < 1.29 is 9.53 Å². The molecule has 0 atom stereocenters. The highest BCUT2D eigenvalue weighted by molar-refractivity contribution is 5.80. The van der Waals surface area contributed by atoms with Gasteiger partial charge in [-0.2, -0.15) is 0 Å². The van der Waals surface area contributed by atoms with Crippen LogP contribution in [-0.2, 0) is 4.79 Å². The first-order chi connectivity index (χ1) is 10.3. The van der Waals surface area contributed by atoms with Crippen LogP contribution in [0.3, 0.4) is 0 Å². The van der Waals surface area contributed by atoms with Gasteiger partial charge in [0.2, 0.25) is 5.91 Å². The molecule has 0 spiro atoms. The second-order valence-corrected chi connectivity index (χ2v) is 5.68. The molecule has 0 unspecified atom stereocenters. The summed E-state index contributed by atoms with van der Waals surface area (Å²) in [5.74, 6) is 1.47. The molecule has 2 fully saturated rings. The second-order valence-electron chi connectivity index (χ2n) is 5.68. The smallest absolute Gasteiger partial charge is 0.228 e. The minimum atomic E-state index is 0.220. The number of carbonyl (C=O) groups is 1. The Labute approximate surface area is 125 Å². The molecule has 0 radical (unpaired) electrons. The van der Waals surface area contributed by atoms with Gasteiger partial charge in [0.15, 0.2) is 0 Å². The Balaban J connectivity index is 1.35. The van der Waals surface area contributed by atoms with Gasteiger partial charge in [-0.3, -0.25) is 9.69 Å². The van der Waals surface area contributed by atoms with Gasteiger partial charge in [0.05, 0.1) is 5.92 Å². The third-order valence-electron chi connectivity index (χ3n) is 4.23. The average Bonchev–Trinajstić information content (AvgIpc) is 2.47. The molecule has 1 aromatic rings. The maximum absolute atomic E-state index is 12.1. The van der Waals surface area contributed by atoms with Gasteiger partial charge in [0, 0.05) is 45.8 Å². The molecule has 0 aliphatic carbocycles. The molecule has 1 amide bonds. The summed E-state index contributed by atoms with van der Waals surface area (Å²) < 4.78 is 5.72. The van der Waals surface area contributed by atoms with E-state index in [1.165, 1.54) is 0 Å². The molecular formula is C16H23N3O2. The van der Waals surface area contributed by atoms with Gasteiger partial charge in [-0.25, -0.2) is 0 Å². The van der Waals surface area contributed by atoms with Gasteiger partial charge in [0.1, 0.15) is 12.4 Å². The van der Waals surface area contributed by atoms with Crippen molar-refractivity contribution in [3.63, 3.8) is 0 Å².